The van der Waals surface area contributed by atoms with E-state index in [1.165, 1.54) is 18.2 Å². The molecule has 1 N–H and O–H groups in total. The highest BCUT2D eigenvalue weighted by Crippen LogP contribution is 2.20. The molecule has 0 radical (unpaired) electrons. The Balaban J connectivity index is 1.80. The largest absolute Gasteiger partial charge is 0.378 e. The molecule has 1 aromatic rings. The second kappa shape index (κ2) is 6.16. The quantitative estimate of drug-likeness (QED) is 0.912. The predicted molar refractivity (Wildman–Crippen MR) is 68.2 cm³/mol. The lowest BCUT2D eigenvalue weighted by molar-refractivity contribution is -0.116. The first-order chi connectivity index (χ1) is 8.65. The number of nitrogens with one attached hydrogen (secondary N) is 1. The fraction of sp³-hybridized carbons (Fsp3) is 0.462. The second-order valence-electron chi connectivity index (χ2n) is 4.35. The van der Waals surface area contributed by atoms with Crippen molar-refractivity contribution < 1.29 is 13.9 Å². The molecule has 0 saturated carbocycles. The van der Waals surface area contributed by atoms with E-state index in [-0.39, 0.29) is 17.0 Å². The maximum atomic E-state index is 12.9. The van der Waals surface area contributed by atoms with Gasteiger partial charge in [-0.05, 0) is 37.5 Å². The lowest BCUT2D eigenvalue weighted by Crippen LogP contribution is -2.15. The molecule has 3 nitrogen and oxygen atoms in total. The Labute approximate surface area is 110 Å². The fourth-order valence-corrected chi connectivity index (χ4v) is 2.14. The molecule has 5 heteroatoms. The van der Waals surface area contributed by atoms with Crippen LogP contribution in [-0.4, -0.2) is 18.6 Å². The number of amides is 1. The molecule has 1 atom stereocenters. The summed E-state index contributed by atoms with van der Waals surface area (Å²) in [6, 6.07) is 4.13. The molecular formula is C13H15ClFNO2. The van der Waals surface area contributed by atoms with E-state index in [2.05, 4.69) is 5.32 Å². The summed E-state index contributed by atoms with van der Waals surface area (Å²) >= 11 is 5.63. The van der Waals surface area contributed by atoms with Crippen LogP contribution < -0.4 is 5.32 Å². The van der Waals surface area contributed by atoms with Gasteiger partial charge < -0.3 is 10.1 Å². The Morgan fingerprint density at radius 2 is 2.39 bits per heavy atom. The lowest BCUT2D eigenvalue weighted by atomic mass is 10.1. The van der Waals surface area contributed by atoms with Crippen LogP contribution in [0.25, 0.3) is 0 Å². The molecule has 1 aromatic carbocycles. The van der Waals surface area contributed by atoms with Crippen molar-refractivity contribution in [3.8, 4) is 0 Å². The zero-order valence-corrected chi connectivity index (χ0v) is 10.7. The average molecular weight is 272 g/mol. The number of benzene rings is 1. The lowest BCUT2D eigenvalue weighted by Gasteiger charge is -2.09. The second-order valence-corrected chi connectivity index (χ2v) is 4.76. The molecule has 1 unspecified atom stereocenters. The van der Waals surface area contributed by atoms with Crippen molar-refractivity contribution in [2.24, 2.45) is 0 Å². The van der Waals surface area contributed by atoms with Gasteiger partial charge >= 0.3 is 0 Å². The summed E-state index contributed by atoms with van der Waals surface area (Å²) < 4.78 is 18.4. The first-order valence-corrected chi connectivity index (χ1v) is 6.39. The predicted octanol–water partition coefficient (Wildman–Crippen LogP) is 3.38. The van der Waals surface area contributed by atoms with Crippen LogP contribution >= 0.6 is 11.6 Å². The molecule has 0 aliphatic carbocycles. The van der Waals surface area contributed by atoms with Gasteiger partial charge in [0.15, 0.2) is 0 Å². The molecule has 1 amide bonds. The van der Waals surface area contributed by atoms with Crippen molar-refractivity contribution in [3.05, 3.63) is 29.0 Å². The van der Waals surface area contributed by atoms with E-state index >= 15 is 0 Å². The molecule has 1 aliphatic rings. The number of halogens is 2. The Morgan fingerprint density at radius 3 is 3.06 bits per heavy atom. The number of hydrogen-bond donors (Lipinski definition) is 1. The third kappa shape index (κ3) is 3.68. The summed E-state index contributed by atoms with van der Waals surface area (Å²) in [7, 11) is 0. The van der Waals surface area contributed by atoms with Gasteiger partial charge in [0.1, 0.15) is 5.82 Å². The SMILES string of the molecule is O=C(CCC1CCCO1)Nc1ccc(F)c(Cl)c1. The topological polar surface area (TPSA) is 38.3 Å². The van der Waals surface area contributed by atoms with Crippen molar-refractivity contribution >= 4 is 23.2 Å². The van der Waals surface area contributed by atoms with Crippen molar-refractivity contribution in [2.45, 2.75) is 31.8 Å². The number of rotatable bonds is 4. The highest BCUT2D eigenvalue weighted by Gasteiger charge is 2.16. The smallest absolute Gasteiger partial charge is 0.224 e. The monoisotopic (exact) mass is 271 g/mol. The van der Waals surface area contributed by atoms with Crippen LogP contribution in [0, 0.1) is 5.82 Å². The van der Waals surface area contributed by atoms with Gasteiger partial charge in [-0.2, -0.15) is 0 Å². The minimum Gasteiger partial charge on any atom is -0.378 e. The van der Waals surface area contributed by atoms with E-state index < -0.39 is 5.82 Å². The third-order valence-electron chi connectivity index (χ3n) is 2.92. The van der Waals surface area contributed by atoms with Gasteiger partial charge in [-0.15, -0.1) is 0 Å². The van der Waals surface area contributed by atoms with Gasteiger partial charge in [0.25, 0.3) is 0 Å². The van der Waals surface area contributed by atoms with Crippen LogP contribution in [0.1, 0.15) is 25.7 Å². The van der Waals surface area contributed by atoms with Gasteiger partial charge in [0.05, 0.1) is 11.1 Å². The highest BCUT2D eigenvalue weighted by molar-refractivity contribution is 6.31. The van der Waals surface area contributed by atoms with Crippen LogP contribution in [0.15, 0.2) is 18.2 Å². The number of ether oxygens (including phenoxy) is 1. The van der Waals surface area contributed by atoms with Crippen LogP contribution in [0.2, 0.25) is 5.02 Å². The molecule has 2 rings (SSSR count). The summed E-state index contributed by atoms with van der Waals surface area (Å²) in [4.78, 5) is 11.7. The van der Waals surface area contributed by atoms with Gasteiger partial charge in [-0.3, -0.25) is 4.79 Å². The molecule has 1 fully saturated rings. The summed E-state index contributed by atoms with van der Waals surface area (Å²) in [5.41, 5.74) is 0.513. The number of carbonyl (C=O) groups is 1. The Hall–Kier alpha value is -1.13. The Kier molecular flexibility index (Phi) is 4.55. The van der Waals surface area contributed by atoms with Crippen molar-refractivity contribution in [1.82, 2.24) is 0 Å². The fourth-order valence-electron chi connectivity index (χ4n) is 1.96. The van der Waals surface area contributed by atoms with Gasteiger partial charge in [0.2, 0.25) is 5.91 Å². The van der Waals surface area contributed by atoms with E-state index in [0.717, 1.165) is 25.9 Å². The van der Waals surface area contributed by atoms with E-state index in [4.69, 9.17) is 16.3 Å². The maximum absolute atomic E-state index is 12.9. The molecule has 0 aromatic heterocycles. The van der Waals surface area contributed by atoms with Crippen molar-refractivity contribution in [1.29, 1.82) is 0 Å². The average Bonchev–Trinajstić information content (AvgIpc) is 2.84. The van der Waals surface area contributed by atoms with Crippen molar-refractivity contribution in [3.63, 3.8) is 0 Å². The summed E-state index contributed by atoms with van der Waals surface area (Å²) in [5, 5.41) is 2.69. The van der Waals surface area contributed by atoms with Gasteiger partial charge in [0, 0.05) is 18.7 Å². The molecule has 98 valence electrons. The van der Waals surface area contributed by atoms with E-state index in [1.807, 2.05) is 0 Å². The maximum Gasteiger partial charge on any atom is 0.224 e. The van der Waals surface area contributed by atoms with Gasteiger partial charge in [-0.25, -0.2) is 4.39 Å². The van der Waals surface area contributed by atoms with Crippen LogP contribution in [0.3, 0.4) is 0 Å². The molecule has 1 aliphatic heterocycles. The number of anilines is 1. The Bertz CT molecular complexity index is 433. The zero-order valence-electron chi connectivity index (χ0n) is 9.92. The van der Waals surface area contributed by atoms with E-state index in [0.29, 0.717) is 12.1 Å². The summed E-state index contributed by atoms with van der Waals surface area (Å²) in [5.74, 6) is -0.595. The minimum absolute atomic E-state index is 0.00641. The molecule has 1 heterocycles. The van der Waals surface area contributed by atoms with Crippen LogP contribution in [0.5, 0.6) is 0 Å². The normalized spacial score (nSPS) is 18.9. The number of hydrogen-bond acceptors (Lipinski definition) is 2. The summed E-state index contributed by atoms with van der Waals surface area (Å²) in [6.07, 6.45) is 3.42. The number of carbonyl (C=O) groups excluding carboxylic acids is 1. The molecular weight excluding hydrogens is 257 g/mol. The van der Waals surface area contributed by atoms with E-state index in [1.54, 1.807) is 0 Å². The summed E-state index contributed by atoms with van der Waals surface area (Å²) in [6.45, 7) is 0.792. The minimum atomic E-state index is -0.492. The highest BCUT2D eigenvalue weighted by atomic mass is 35.5. The molecule has 1 saturated heterocycles. The van der Waals surface area contributed by atoms with Gasteiger partial charge in [-0.1, -0.05) is 11.6 Å². The first-order valence-electron chi connectivity index (χ1n) is 6.01. The van der Waals surface area contributed by atoms with Crippen molar-refractivity contribution in [2.75, 3.05) is 11.9 Å². The van der Waals surface area contributed by atoms with Crippen LogP contribution in [-0.2, 0) is 9.53 Å². The molecule has 0 spiro atoms. The zero-order chi connectivity index (χ0) is 13.0. The molecule has 18 heavy (non-hydrogen) atoms. The van der Waals surface area contributed by atoms with Crippen LogP contribution in [0.4, 0.5) is 10.1 Å². The first kappa shape index (κ1) is 13.3. The molecule has 0 bridgehead atoms. The third-order valence-corrected chi connectivity index (χ3v) is 3.21. The standard InChI is InChI=1S/C13H15ClFNO2/c14-11-8-9(3-5-12(11)15)16-13(17)6-4-10-2-1-7-18-10/h3,5,8,10H,1-2,4,6-7H2,(H,16,17). The Morgan fingerprint density at radius 1 is 1.56 bits per heavy atom. The van der Waals surface area contributed by atoms with E-state index in [9.17, 15) is 9.18 Å².